The van der Waals surface area contributed by atoms with E-state index in [0.29, 0.717) is 32.1 Å². The number of aromatic hydroxyl groups is 1. The molecular weight excluding hydrogens is 370 g/mol. The minimum absolute atomic E-state index is 0.130. The highest BCUT2D eigenvalue weighted by molar-refractivity contribution is 5.76. The average Bonchev–Trinajstić information content (AvgIpc) is 2.74. The zero-order valence-electron chi connectivity index (χ0n) is 16.8. The van der Waals surface area contributed by atoms with Gasteiger partial charge in [-0.2, -0.15) is 0 Å². The van der Waals surface area contributed by atoms with Crippen molar-refractivity contribution in [3.63, 3.8) is 0 Å². The number of rotatable bonds is 5. The van der Waals surface area contributed by atoms with Crippen LogP contribution in [0.2, 0.25) is 0 Å². The number of hydrogen-bond acceptors (Lipinski definition) is 5. The molecule has 2 aromatic carbocycles. The van der Waals surface area contributed by atoms with Gasteiger partial charge in [0.1, 0.15) is 19.0 Å². The lowest BCUT2D eigenvalue weighted by molar-refractivity contribution is -0.892. The molecule has 2 aliphatic rings. The molecule has 2 aromatic rings. The van der Waals surface area contributed by atoms with Crippen LogP contribution < -0.4 is 19.3 Å². The van der Waals surface area contributed by atoms with Gasteiger partial charge in [-0.15, -0.1) is 0 Å². The summed E-state index contributed by atoms with van der Waals surface area (Å²) in [7, 11) is 1.84. The summed E-state index contributed by atoms with van der Waals surface area (Å²) in [5.74, 6) is 1.96. The molecule has 29 heavy (non-hydrogen) atoms. The number of hydrogen-bond donors (Lipinski definition) is 2. The monoisotopic (exact) mass is 398 g/mol. The number of benzene rings is 2. The van der Waals surface area contributed by atoms with Crippen LogP contribution in [0.3, 0.4) is 0 Å². The molecule has 1 amide bonds. The third kappa shape index (κ3) is 4.56. The smallest absolute Gasteiger partial charge is 0.277 e. The van der Waals surface area contributed by atoms with Crippen molar-refractivity contribution in [2.24, 2.45) is 0 Å². The van der Waals surface area contributed by atoms with Crippen LogP contribution in [0.25, 0.3) is 0 Å². The first-order valence-corrected chi connectivity index (χ1v) is 10.1. The summed E-state index contributed by atoms with van der Waals surface area (Å²) in [6.45, 7) is 5.56. The van der Waals surface area contributed by atoms with Crippen LogP contribution in [0.5, 0.6) is 17.2 Å². The Morgan fingerprint density at radius 2 is 1.83 bits per heavy atom. The molecular formula is C22H28N3O4+. The van der Waals surface area contributed by atoms with Gasteiger partial charge in [-0.3, -0.25) is 4.79 Å². The second-order valence-electron chi connectivity index (χ2n) is 7.63. The van der Waals surface area contributed by atoms with Crippen molar-refractivity contribution in [3.05, 3.63) is 48.0 Å². The molecule has 2 aliphatic heterocycles. The summed E-state index contributed by atoms with van der Waals surface area (Å²) in [4.78, 5) is 17.9. The van der Waals surface area contributed by atoms with Crippen molar-refractivity contribution in [3.8, 4) is 17.2 Å². The Morgan fingerprint density at radius 1 is 1.10 bits per heavy atom. The molecule has 0 atom stereocenters. The van der Waals surface area contributed by atoms with Gasteiger partial charge in [0, 0.05) is 13.6 Å². The van der Waals surface area contributed by atoms with Crippen LogP contribution in [0.15, 0.2) is 42.5 Å². The van der Waals surface area contributed by atoms with E-state index >= 15 is 0 Å². The van der Waals surface area contributed by atoms with Crippen molar-refractivity contribution < 1.29 is 24.3 Å². The third-order valence-corrected chi connectivity index (χ3v) is 5.55. The first kappa shape index (κ1) is 19.4. The number of carbonyl (C=O) groups excluding carboxylic acids is 1. The van der Waals surface area contributed by atoms with E-state index in [4.69, 9.17) is 9.47 Å². The number of likely N-dealkylation sites (N-methyl/N-ethyl adjacent to an activating group) is 1. The molecule has 0 spiro atoms. The lowest BCUT2D eigenvalue weighted by Crippen LogP contribution is -3.15. The molecule has 0 radical (unpaired) electrons. The van der Waals surface area contributed by atoms with Crippen LogP contribution >= 0.6 is 0 Å². The predicted molar refractivity (Wildman–Crippen MR) is 110 cm³/mol. The predicted octanol–water partition coefficient (Wildman–Crippen LogP) is 0.527. The summed E-state index contributed by atoms with van der Waals surface area (Å²) < 4.78 is 11.2. The van der Waals surface area contributed by atoms with E-state index in [9.17, 15) is 9.90 Å². The van der Waals surface area contributed by atoms with Gasteiger partial charge in [-0.1, -0.05) is 18.2 Å². The summed E-state index contributed by atoms with van der Waals surface area (Å²) in [6, 6.07) is 13.3. The maximum Gasteiger partial charge on any atom is 0.277 e. The number of nitrogens with one attached hydrogen (secondary N) is 1. The Labute approximate surface area is 171 Å². The second kappa shape index (κ2) is 8.61. The van der Waals surface area contributed by atoms with Gasteiger partial charge in [-0.25, -0.2) is 0 Å². The number of piperazine rings is 1. The number of ether oxygens (including phenoxy) is 2. The summed E-state index contributed by atoms with van der Waals surface area (Å²) in [6.07, 6.45) is 0. The topological polar surface area (TPSA) is 66.7 Å². The van der Waals surface area contributed by atoms with E-state index in [1.54, 1.807) is 11.0 Å². The maximum absolute atomic E-state index is 12.7. The van der Waals surface area contributed by atoms with Crippen LogP contribution in [0, 0.1) is 0 Å². The Morgan fingerprint density at radius 3 is 2.59 bits per heavy atom. The van der Waals surface area contributed by atoms with Crippen LogP contribution in [-0.2, 0) is 11.3 Å². The highest BCUT2D eigenvalue weighted by atomic mass is 16.6. The standard InChI is InChI=1S/C22H27N3O4/c1-23(15-17-6-7-20-21(14-17)29-13-12-28-20)22(27)16-24-8-10-25(11-9-24)18-4-2-3-5-19(18)26/h2-7,14,26H,8-13,15-16H2,1H3/p+1. The zero-order chi connectivity index (χ0) is 20.2. The quantitative estimate of drug-likeness (QED) is 0.769. The van der Waals surface area contributed by atoms with E-state index in [-0.39, 0.29) is 5.91 Å². The lowest BCUT2D eigenvalue weighted by Gasteiger charge is -2.34. The molecule has 7 nitrogen and oxygen atoms in total. The molecule has 0 bridgehead atoms. The SMILES string of the molecule is CN(Cc1ccc2c(c1)OCCO2)C(=O)C[NH+]1CCN(c2ccccc2O)CC1. The van der Waals surface area contributed by atoms with Crippen LogP contribution in [-0.4, -0.2) is 68.9 Å². The molecule has 0 aromatic heterocycles. The zero-order valence-corrected chi connectivity index (χ0v) is 16.8. The molecule has 0 aliphatic carbocycles. The summed E-state index contributed by atoms with van der Waals surface area (Å²) >= 11 is 0. The number of phenols is 1. The maximum atomic E-state index is 12.7. The van der Waals surface area contributed by atoms with Crippen molar-refractivity contribution in [1.82, 2.24) is 4.90 Å². The molecule has 4 rings (SSSR count). The van der Waals surface area contributed by atoms with E-state index in [1.165, 1.54) is 4.90 Å². The van der Waals surface area contributed by atoms with Crippen LogP contribution in [0.1, 0.15) is 5.56 Å². The number of anilines is 1. The van der Waals surface area contributed by atoms with Gasteiger partial charge < -0.3 is 29.3 Å². The minimum atomic E-state index is 0.130. The number of phenolic OH excluding ortho intramolecular Hbond substituents is 1. The summed E-state index contributed by atoms with van der Waals surface area (Å²) in [5.41, 5.74) is 1.90. The first-order chi connectivity index (χ1) is 14.1. The molecule has 1 saturated heterocycles. The molecule has 0 unspecified atom stereocenters. The number of amides is 1. The molecule has 2 N–H and O–H groups in total. The molecule has 7 heteroatoms. The molecule has 1 fully saturated rings. The fraction of sp³-hybridized carbons (Fsp3) is 0.409. The normalized spacial score (nSPS) is 16.5. The number of quaternary nitrogens is 1. The Bertz CT molecular complexity index is 865. The number of nitrogens with zero attached hydrogens (tertiary/aromatic N) is 2. The number of carbonyl (C=O) groups is 1. The summed E-state index contributed by atoms with van der Waals surface area (Å²) in [5, 5.41) is 10.0. The second-order valence-corrected chi connectivity index (χ2v) is 7.63. The molecule has 0 saturated carbocycles. The first-order valence-electron chi connectivity index (χ1n) is 10.1. The van der Waals surface area contributed by atoms with Gasteiger partial charge >= 0.3 is 0 Å². The molecule has 154 valence electrons. The fourth-order valence-corrected chi connectivity index (χ4v) is 3.87. The Kier molecular flexibility index (Phi) is 5.76. The van der Waals surface area contributed by atoms with Gasteiger partial charge in [0.2, 0.25) is 0 Å². The largest absolute Gasteiger partial charge is 0.506 e. The minimum Gasteiger partial charge on any atom is -0.506 e. The van der Waals surface area contributed by atoms with Crippen molar-refractivity contribution >= 4 is 11.6 Å². The highest BCUT2D eigenvalue weighted by Gasteiger charge is 2.25. The van der Waals surface area contributed by atoms with Crippen molar-refractivity contribution in [2.75, 3.05) is 57.9 Å². The van der Waals surface area contributed by atoms with Gasteiger partial charge in [0.05, 0.1) is 31.9 Å². The van der Waals surface area contributed by atoms with E-state index in [0.717, 1.165) is 48.9 Å². The molecule has 2 heterocycles. The number of para-hydroxylation sites is 2. The average molecular weight is 398 g/mol. The van der Waals surface area contributed by atoms with Crippen molar-refractivity contribution in [1.29, 1.82) is 0 Å². The number of fused-ring (bicyclic) bond motifs is 1. The van der Waals surface area contributed by atoms with Crippen LogP contribution in [0.4, 0.5) is 5.69 Å². The highest BCUT2D eigenvalue weighted by Crippen LogP contribution is 2.31. The van der Waals surface area contributed by atoms with Gasteiger partial charge in [0.15, 0.2) is 18.0 Å². The Balaban J connectivity index is 1.28. The van der Waals surface area contributed by atoms with E-state index in [2.05, 4.69) is 4.90 Å². The third-order valence-electron chi connectivity index (χ3n) is 5.55. The van der Waals surface area contributed by atoms with E-state index < -0.39 is 0 Å². The van der Waals surface area contributed by atoms with Crippen molar-refractivity contribution in [2.45, 2.75) is 6.54 Å². The fourth-order valence-electron chi connectivity index (χ4n) is 3.87. The Hall–Kier alpha value is -2.93. The lowest BCUT2D eigenvalue weighted by atomic mass is 10.2. The van der Waals surface area contributed by atoms with Gasteiger partial charge in [0.25, 0.3) is 5.91 Å². The van der Waals surface area contributed by atoms with Gasteiger partial charge in [-0.05, 0) is 29.8 Å². The van der Waals surface area contributed by atoms with E-state index in [1.807, 2.05) is 43.4 Å².